The average molecular weight is 500 g/mol. The Balaban J connectivity index is 1.32. The Morgan fingerprint density at radius 2 is 2.00 bits per heavy atom. The summed E-state index contributed by atoms with van der Waals surface area (Å²) in [5, 5.41) is 28.8. The van der Waals surface area contributed by atoms with Crippen LogP contribution in [0.3, 0.4) is 0 Å². The van der Waals surface area contributed by atoms with Crippen molar-refractivity contribution in [2.75, 3.05) is 13.1 Å². The summed E-state index contributed by atoms with van der Waals surface area (Å²) >= 11 is 0. The van der Waals surface area contributed by atoms with Gasteiger partial charge in [-0.3, -0.25) is 34.9 Å². The number of nitrogens with one attached hydrogen (secondary N) is 3. The molecule has 14 heteroatoms. The second-order valence-corrected chi connectivity index (χ2v) is 9.68. The van der Waals surface area contributed by atoms with Crippen LogP contribution in [0.15, 0.2) is 23.2 Å². The average Bonchev–Trinajstić information content (AvgIpc) is 3.57. The van der Waals surface area contributed by atoms with Gasteiger partial charge in [0.15, 0.2) is 12.0 Å². The maximum absolute atomic E-state index is 13.2. The van der Waals surface area contributed by atoms with E-state index in [-0.39, 0.29) is 56.3 Å². The number of benzene rings is 1. The zero-order chi connectivity index (χ0) is 25.4. The Hall–Kier alpha value is -3.75. The molecule has 1 aromatic rings. The highest BCUT2D eigenvalue weighted by molar-refractivity contribution is 6.02. The number of ether oxygens (including phenoxy) is 1. The van der Waals surface area contributed by atoms with Gasteiger partial charge in [0.05, 0.1) is 26.3 Å². The first kappa shape index (κ1) is 22.7. The van der Waals surface area contributed by atoms with Crippen molar-refractivity contribution in [1.82, 2.24) is 20.4 Å². The maximum Gasteiger partial charge on any atom is 0.343 e. The number of aliphatic hydroxyl groups is 2. The van der Waals surface area contributed by atoms with Crippen LogP contribution in [0.1, 0.15) is 34.3 Å². The second kappa shape index (κ2) is 7.62. The Morgan fingerprint density at radius 1 is 1.25 bits per heavy atom. The highest BCUT2D eigenvalue weighted by atomic mass is 16.5. The van der Waals surface area contributed by atoms with E-state index in [0.29, 0.717) is 12.2 Å². The fraction of sp³-hybridized carbons (Fsp3) is 0.500. The normalized spacial score (nSPS) is 32.0. The molecule has 1 aromatic carbocycles. The van der Waals surface area contributed by atoms with Gasteiger partial charge in [-0.15, -0.1) is 0 Å². The van der Waals surface area contributed by atoms with Crippen LogP contribution in [0.2, 0.25) is 0 Å². The van der Waals surface area contributed by atoms with E-state index >= 15 is 0 Å². The molecule has 2 saturated heterocycles. The van der Waals surface area contributed by atoms with Crippen molar-refractivity contribution in [3.05, 3.63) is 34.9 Å². The molecular weight excluding hydrogens is 472 g/mol. The largest absolute Gasteiger partial charge is 0.372 e. The van der Waals surface area contributed by atoms with E-state index in [4.69, 9.17) is 16.2 Å². The van der Waals surface area contributed by atoms with Crippen molar-refractivity contribution >= 4 is 29.6 Å². The summed E-state index contributed by atoms with van der Waals surface area (Å²) in [6.07, 6.45) is 0.220. The van der Waals surface area contributed by atoms with E-state index in [2.05, 4.69) is 20.6 Å². The van der Waals surface area contributed by atoms with Crippen LogP contribution in [0, 0.1) is 0 Å². The van der Waals surface area contributed by atoms with Gasteiger partial charge in [-0.25, -0.2) is 10.3 Å². The number of hydrogen-bond donors (Lipinski definition) is 7. The molecule has 5 aliphatic rings. The minimum atomic E-state index is -2.59. The van der Waals surface area contributed by atoms with Crippen LogP contribution in [-0.2, 0) is 27.5 Å². The standard InChI is InChI=1S/C22H26N8O6/c23-19-27-17-13(6-29-15(31)4-5-16(29)32)25-20(24)30-7-14(22(34,35)21(17,30)28-19)26-18(33)11-3-1-2-10-8-36-9-12(10)11/h1-3,13-14,17,34-35H,4-9H2,(H2,24,25)(H,26,33)(H3,23,27,28)/p+1/t13-,14?,17-,21?/m0/s1. The van der Waals surface area contributed by atoms with E-state index in [1.807, 2.05) is 6.07 Å². The lowest BCUT2D eigenvalue weighted by atomic mass is 9.84. The summed E-state index contributed by atoms with van der Waals surface area (Å²) in [6, 6.07) is 2.35. The molecule has 5 heterocycles. The van der Waals surface area contributed by atoms with E-state index in [9.17, 15) is 24.6 Å². The topological polar surface area (TPSA) is 210 Å². The first-order valence-corrected chi connectivity index (χ1v) is 11.7. The third-order valence-electron chi connectivity index (χ3n) is 7.73. The second-order valence-electron chi connectivity index (χ2n) is 9.68. The summed E-state index contributed by atoms with van der Waals surface area (Å²) in [7, 11) is 0. The molecule has 36 heavy (non-hydrogen) atoms. The third kappa shape index (κ3) is 2.98. The number of nitrogens with zero attached hydrogens (tertiary/aromatic N) is 3. The third-order valence-corrected chi connectivity index (χ3v) is 7.73. The molecule has 6 rings (SSSR count). The number of rotatable bonds is 4. The van der Waals surface area contributed by atoms with Gasteiger partial charge in [-0.2, -0.15) is 0 Å². The van der Waals surface area contributed by atoms with Gasteiger partial charge in [-0.1, -0.05) is 12.1 Å². The first-order chi connectivity index (χ1) is 17.1. The summed E-state index contributed by atoms with van der Waals surface area (Å²) < 4.78 is 5.45. The number of nitrogens with two attached hydrogens (primary N) is 2. The monoisotopic (exact) mass is 499 g/mol. The SMILES string of the molecule is NC1=N[C@@H](CN2C(=O)CCC2=O)[C@@H]2[NH+]=C(N)NC23N1CC(NC(=O)c1cccc2c1COC2)C3(O)O. The van der Waals surface area contributed by atoms with Gasteiger partial charge in [0.2, 0.25) is 17.6 Å². The van der Waals surface area contributed by atoms with Crippen molar-refractivity contribution in [3.63, 3.8) is 0 Å². The molecule has 0 radical (unpaired) electrons. The molecule has 2 fully saturated rings. The smallest absolute Gasteiger partial charge is 0.343 e. The molecular formula is C22H27N8O6+. The van der Waals surface area contributed by atoms with Gasteiger partial charge in [0.1, 0.15) is 12.1 Å². The van der Waals surface area contributed by atoms with Crippen molar-refractivity contribution in [3.8, 4) is 0 Å². The fourth-order valence-electron chi connectivity index (χ4n) is 5.99. The highest BCUT2D eigenvalue weighted by Crippen LogP contribution is 2.41. The predicted octanol–water partition coefficient (Wildman–Crippen LogP) is -5.28. The van der Waals surface area contributed by atoms with Crippen LogP contribution in [0.5, 0.6) is 0 Å². The Labute approximate surface area is 205 Å². The molecule has 1 spiro atoms. The zero-order valence-electron chi connectivity index (χ0n) is 19.2. The zero-order valence-corrected chi connectivity index (χ0v) is 19.2. The highest BCUT2D eigenvalue weighted by Gasteiger charge is 2.76. The van der Waals surface area contributed by atoms with Crippen molar-refractivity contribution in [1.29, 1.82) is 0 Å². The Morgan fingerprint density at radius 3 is 2.75 bits per heavy atom. The molecule has 2 unspecified atom stereocenters. The summed E-state index contributed by atoms with van der Waals surface area (Å²) in [6.45, 7) is 0.497. The molecule has 5 aliphatic heterocycles. The Bertz CT molecular complexity index is 1230. The number of amides is 3. The number of aliphatic imine (C=N–C) groups is 1. The lowest BCUT2D eigenvalue weighted by Gasteiger charge is -2.46. The van der Waals surface area contributed by atoms with Gasteiger partial charge in [0, 0.05) is 18.4 Å². The van der Waals surface area contributed by atoms with Crippen LogP contribution >= 0.6 is 0 Å². The lowest BCUT2D eigenvalue weighted by Crippen LogP contribution is -2.90. The number of likely N-dealkylation sites (tertiary alicyclic amines) is 1. The number of fused-ring (bicyclic) bond motifs is 1. The van der Waals surface area contributed by atoms with Crippen LogP contribution in [-0.4, -0.2) is 92.3 Å². The minimum absolute atomic E-state index is 0.0384. The van der Waals surface area contributed by atoms with Crippen molar-refractivity contribution < 1.29 is 34.3 Å². The van der Waals surface area contributed by atoms with Gasteiger partial charge in [0.25, 0.3) is 11.6 Å². The number of hydrogen-bond acceptors (Lipinski definition) is 11. The van der Waals surface area contributed by atoms with E-state index in [0.717, 1.165) is 16.0 Å². The number of guanidine groups is 2. The van der Waals surface area contributed by atoms with E-state index in [1.165, 1.54) is 4.90 Å². The summed E-state index contributed by atoms with van der Waals surface area (Å²) in [4.78, 5) is 47.7. The molecule has 0 saturated carbocycles. The molecule has 0 bridgehead atoms. The molecule has 14 nitrogen and oxygen atoms in total. The van der Waals surface area contributed by atoms with Crippen LogP contribution in [0.25, 0.3) is 0 Å². The van der Waals surface area contributed by atoms with Gasteiger partial charge >= 0.3 is 5.96 Å². The number of carbonyl (C=O) groups excluding carboxylic acids is 3. The maximum atomic E-state index is 13.2. The summed E-state index contributed by atoms with van der Waals surface area (Å²) in [5.41, 5.74) is 12.6. The van der Waals surface area contributed by atoms with Crippen molar-refractivity contribution in [2.24, 2.45) is 16.5 Å². The molecule has 0 aromatic heterocycles. The predicted molar refractivity (Wildman–Crippen MR) is 121 cm³/mol. The van der Waals surface area contributed by atoms with Gasteiger partial charge in [-0.05, 0) is 17.2 Å². The molecule has 4 atom stereocenters. The molecule has 0 aliphatic carbocycles. The lowest BCUT2D eigenvalue weighted by molar-refractivity contribution is -0.521. The van der Waals surface area contributed by atoms with Crippen LogP contribution < -0.4 is 27.1 Å². The minimum Gasteiger partial charge on any atom is -0.372 e. The molecule has 3 amide bonds. The van der Waals surface area contributed by atoms with E-state index in [1.54, 1.807) is 12.1 Å². The molecule has 9 N–H and O–H groups in total. The summed E-state index contributed by atoms with van der Waals surface area (Å²) in [5.74, 6) is -3.75. The number of imide groups is 1. The number of carbonyl (C=O) groups is 3. The van der Waals surface area contributed by atoms with Crippen molar-refractivity contribution in [2.45, 2.75) is 55.6 Å². The quantitative estimate of drug-likeness (QED) is 0.154. The fourth-order valence-corrected chi connectivity index (χ4v) is 5.99. The Kier molecular flexibility index (Phi) is 4.81. The van der Waals surface area contributed by atoms with Crippen LogP contribution in [0.4, 0.5) is 0 Å². The van der Waals surface area contributed by atoms with Gasteiger partial charge < -0.3 is 26.0 Å². The molecule has 190 valence electrons. The van der Waals surface area contributed by atoms with E-state index < -0.39 is 35.5 Å². The first-order valence-electron chi connectivity index (χ1n) is 11.7.